The van der Waals surface area contributed by atoms with Crippen molar-refractivity contribution >= 4 is 11.9 Å². The third-order valence-electron chi connectivity index (χ3n) is 4.78. The number of aromatic nitrogens is 1. The lowest BCUT2D eigenvalue weighted by atomic mass is 9.93. The lowest BCUT2D eigenvalue weighted by Crippen LogP contribution is -2.57. The normalized spacial score (nSPS) is 20.1. The smallest absolute Gasteiger partial charge is 0.309 e. The Hall–Kier alpha value is -2.81. The van der Waals surface area contributed by atoms with E-state index in [1.165, 1.54) is 12.1 Å². The van der Waals surface area contributed by atoms with E-state index in [9.17, 15) is 23.5 Å². The Morgan fingerprint density at radius 3 is 2.82 bits per heavy atom. The lowest BCUT2D eigenvalue weighted by Gasteiger charge is -2.39. The second kappa shape index (κ2) is 8.47. The number of hydrogen-bond acceptors (Lipinski definition) is 5. The molecule has 1 aromatic heterocycles. The first-order valence-corrected chi connectivity index (χ1v) is 9.10. The van der Waals surface area contributed by atoms with Crippen LogP contribution in [-0.4, -0.2) is 46.3 Å². The molecule has 2 N–H and O–H groups in total. The number of benzene rings is 1. The van der Waals surface area contributed by atoms with Gasteiger partial charge in [0.05, 0.1) is 17.6 Å². The summed E-state index contributed by atoms with van der Waals surface area (Å²) in [4.78, 5) is 26.1. The van der Waals surface area contributed by atoms with Crippen LogP contribution in [0.15, 0.2) is 28.8 Å². The molecule has 0 radical (unpaired) electrons. The van der Waals surface area contributed by atoms with E-state index in [-0.39, 0.29) is 17.0 Å². The van der Waals surface area contributed by atoms with Gasteiger partial charge < -0.3 is 14.9 Å². The van der Waals surface area contributed by atoms with Crippen molar-refractivity contribution < 1.29 is 28.0 Å². The first kappa shape index (κ1) is 19.9. The molecule has 0 aliphatic carbocycles. The van der Waals surface area contributed by atoms with Crippen LogP contribution in [0.3, 0.4) is 0 Å². The SMILES string of the molecule is CCCN1CCC[C@H](C(=O)O)C1NC(=O)c1cc(-c2ccc(F)cc2F)on1. The number of rotatable bonds is 6. The van der Waals surface area contributed by atoms with Crippen molar-refractivity contribution in [2.24, 2.45) is 5.92 Å². The highest BCUT2D eigenvalue weighted by Crippen LogP contribution is 2.26. The number of carboxylic acids is 1. The van der Waals surface area contributed by atoms with Gasteiger partial charge in [0.2, 0.25) is 0 Å². The number of nitrogens with zero attached hydrogens (tertiary/aromatic N) is 2. The molecule has 0 spiro atoms. The van der Waals surface area contributed by atoms with Gasteiger partial charge in [-0.05, 0) is 37.9 Å². The largest absolute Gasteiger partial charge is 0.481 e. The van der Waals surface area contributed by atoms with Crippen LogP contribution >= 0.6 is 0 Å². The maximum Gasteiger partial charge on any atom is 0.309 e. The number of piperidine rings is 1. The molecule has 150 valence electrons. The van der Waals surface area contributed by atoms with Crippen molar-refractivity contribution in [3.63, 3.8) is 0 Å². The van der Waals surface area contributed by atoms with Gasteiger partial charge in [0, 0.05) is 18.7 Å². The molecule has 0 bridgehead atoms. The van der Waals surface area contributed by atoms with Crippen LogP contribution in [-0.2, 0) is 4.79 Å². The summed E-state index contributed by atoms with van der Waals surface area (Å²) in [6.07, 6.45) is 1.35. The number of hydrogen-bond donors (Lipinski definition) is 2. The van der Waals surface area contributed by atoms with E-state index in [1.807, 2.05) is 11.8 Å². The Kier molecular flexibility index (Phi) is 6.03. The number of carbonyl (C=O) groups is 2. The summed E-state index contributed by atoms with van der Waals surface area (Å²) in [7, 11) is 0. The molecule has 1 amide bonds. The Balaban J connectivity index is 1.79. The van der Waals surface area contributed by atoms with Gasteiger partial charge in [-0.15, -0.1) is 0 Å². The number of aliphatic carboxylic acids is 1. The zero-order valence-electron chi connectivity index (χ0n) is 15.3. The predicted molar refractivity (Wildman–Crippen MR) is 95.3 cm³/mol. The first-order chi connectivity index (χ1) is 13.4. The number of amides is 1. The van der Waals surface area contributed by atoms with Gasteiger partial charge in [0.15, 0.2) is 11.5 Å². The summed E-state index contributed by atoms with van der Waals surface area (Å²) in [5.74, 6) is -3.91. The molecule has 3 rings (SSSR count). The van der Waals surface area contributed by atoms with Crippen molar-refractivity contribution in [1.82, 2.24) is 15.4 Å². The second-order valence-electron chi connectivity index (χ2n) is 6.74. The predicted octanol–water partition coefficient (Wildman–Crippen LogP) is 2.88. The topological polar surface area (TPSA) is 95.7 Å². The quantitative estimate of drug-likeness (QED) is 0.784. The molecule has 2 heterocycles. The number of halogens is 2. The molecule has 2 aromatic rings. The molecular formula is C19H21F2N3O4. The minimum absolute atomic E-state index is 0.0218. The summed E-state index contributed by atoms with van der Waals surface area (Å²) in [5.41, 5.74) is -0.133. The third kappa shape index (κ3) is 4.19. The Labute approximate surface area is 160 Å². The van der Waals surface area contributed by atoms with E-state index in [0.29, 0.717) is 25.6 Å². The Morgan fingerprint density at radius 1 is 1.36 bits per heavy atom. The second-order valence-corrected chi connectivity index (χ2v) is 6.74. The highest BCUT2D eigenvalue weighted by atomic mass is 19.1. The van der Waals surface area contributed by atoms with Gasteiger partial charge in [-0.1, -0.05) is 12.1 Å². The van der Waals surface area contributed by atoms with Crippen molar-refractivity contribution in [3.8, 4) is 11.3 Å². The molecule has 2 atom stereocenters. The molecule has 1 aliphatic rings. The van der Waals surface area contributed by atoms with Crippen molar-refractivity contribution in [1.29, 1.82) is 0 Å². The molecule has 1 fully saturated rings. The molecular weight excluding hydrogens is 372 g/mol. The zero-order chi connectivity index (χ0) is 20.3. The molecule has 1 unspecified atom stereocenters. The van der Waals surface area contributed by atoms with Crippen LogP contribution < -0.4 is 5.32 Å². The molecule has 9 heteroatoms. The summed E-state index contributed by atoms with van der Waals surface area (Å²) >= 11 is 0. The first-order valence-electron chi connectivity index (χ1n) is 9.10. The van der Waals surface area contributed by atoms with Gasteiger partial charge in [-0.25, -0.2) is 8.78 Å². The molecule has 1 aliphatic heterocycles. The molecule has 28 heavy (non-hydrogen) atoms. The number of nitrogens with one attached hydrogen (secondary N) is 1. The standard InChI is InChI=1S/C19H21F2N3O4/c1-2-7-24-8-3-4-13(19(26)27)17(24)22-18(25)15-10-16(28-23-15)12-6-5-11(20)9-14(12)21/h5-6,9-10,13,17H,2-4,7-8H2,1H3,(H,22,25)(H,26,27)/t13-,17?/m0/s1. The van der Waals surface area contributed by atoms with Gasteiger partial charge >= 0.3 is 5.97 Å². The van der Waals surface area contributed by atoms with Crippen LogP contribution in [0.1, 0.15) is 36.7 Å². The minimum atomic E-state index is -0.972. The maximum absolute atomic E-state index is 13.9. The van der Waals surface area contributed by atoms with Crippen LogP contribution in [0, 0.1) is 17.6 Å². The minimum Gasteiger partial charge on any atom is -0.481 e. The van der Waals surface area contributed by atoms with Gasteiger partial charge in [-0.3, -0.25) is 14.5 Å². The maximum atomic E-state index is 13.9. The van der Waals surface area contributed by atoms with Gasteiger partial charge in [0.1, 0.15) is 11.6 Å². The molecule has 1 aromatic carbocycles. The average molecular weight is 393 g/mol. The van der Waals surface area contributed by atoms with E-state index in [4.69, 9.17) is 4.52 Å². The van der Waals surface area contributed by atoms with Crippen molar-refractivity contribution in [3.05, 3.63) is 41.6 Å². The lowest BCUT2D eigenvalue weighted by molar-refractivity contribution is -0.146. The molecule has 0 saturated carbocycles. The van der Waals surface area contributed by atoms with Crippen LogP contribution in [0.2, 0.25) is 0 Å². The Bertz CT molecular complexity index is 869. The Morgan fingerprint density at radius 2 is 2.14 bits per heavy atom. The van der Waals surface area contributed by atoms with Gasteiger partial charge in [-0.2, -0.15) is 0 Å². The number of carboxylic acid groups (broad SMARTS) is 1. The van der Waals surface area contributed by atoms with E-state index in [0.717, 1.165) is 18.9 Å². The van der Waals surface area contributed by atoms with E-state index >= 15 is 0 Å². The summed E-state index contributed by atoms with van der Waals surface area (Å²) in [6.45, 7) is 3.32. The molecule has 7 nitrogen and oxygen atoms in total. The summed E-state index contributed by atoms with van der Waals surface area (Å²) < 4.78 is 32.0. The zero-order valence-corrected chi connectivity index (χ0v) is 15.3. The van der Waals surface area contributed by atoms with Gasteiger partial charge in [0.25, 0.3) is 5.91 Å². The van der Waals surface area contributed by atoms with Crippen molar-refractivity contribution in [2.75, 3.05) is 13.1 Å². The van der Waals surface area contributed by atoms with Crippen LogP contribution in [0.5, 0.6) is 0 Å². The van der Waals surface area contributed by atoms with E-state index in [2.05, 4.69) is 10.5 Å². The highest BCUT2D eigenvalue weighted by Gasteiger charge is 2.37. The average Bonchev–Trinajstić information content (AvgIpc) is 3.13. The third-order valence-corrected chi connectivity index (χ3v) is 4.78. The number of carbonyl (C=O) groups excluding carboxylic acids is 1. The van der Waals surface area contributed by atoms with Crippen LogP contribution in [0.25, 0.3) is 11.3 Å². The summed E-state index contributed by atoms with van der Waals surface area (Å²) in [5, 5.41) is 15.9. The van der Waals surface area contributed by atoms with E-state index in [1.54, 1.807) is 0 Å². The highest BCUT2D eigenvalue weighted by molar-refractivity contribution is 5.93. The summed E-state index contributed by atoms with van der Waals surface area (Å²) in [6, 6.07) is 4.22. The van der Waals surface area contributed by atoms with Crippen molar-refractivity contribution in [2.45, 2.75) is 32.4 Å². The fourth-order valence-corrected chi connectivity index (χ4v) is 3.46. The van der Waals surface area contributed by atoms with E-state index < -0.39 is 35.6 Å². The fourth-order valence-electron chi connectivity index (χ4n) is 3.46. The monoisotopic (exact) mass is 393 g/mol. The fraction of sp³-hybridized carbons (Fsp3) is 0.421. The number of likely N-dealkylation sites (tertiary alicyclic amines) is 1. The molecule has 1 saturated heterocycles. The van der Waals surface area contributed by atoms with Crippen LogP contribution in [0.4, 0.5) is 8.78 Å².